The van der Waals surface area contributed by atoms with Crippen molar-refractivity contribution in [3.05, 3.63) is 80.7 Å². The van der Waals surface area contributed by atoms with Crippen LogP contribution in [0.15, 0.2) is 42.5 Å². The van der Waals surface area contributed by atoms with Crippen LogP contribution in [0.2, 0.25) is 10.0 Å². The molecule has 0 radical (unpaired) electrons. The molecule has 2 aromatic carbocycles. The number of H-pyrrole nitrogens is 1. The first-order chi connectivity index (χ1) is 14.9. The van der Waals surface area contributed by atoms with Gasteiger partial charge >= 0.3 is 0 Å². The van der Waals surface area contributed by atoms with Gasteiger partial charge in [0.1, 0.15) is 0 Å². The molecule has 2 aromatic heterocycles. The number of aromatic amines is 1. The third-order valence-electron chi connectivity index (χ3n) is 6.14. The molecule has 0 unspecified atom stereocenters. The molecule has 1 N–H and O–H groups in total. The molecule has 3 heterocycles. The predicted octanol–water partition coefficient (Wildman–Crippen LogP) is 5.40. The average molecular weight is 453 g/mol. The van der Waals surface area contributed by atoms with Crippen LogP contribution in [0.1, 0.15) is 28.2 Å². The minimum absolute atomic E-state index is 0.115. The maximum Gasteiger partial charge on any atom is 0.227 e. The average Bonchev–Trinajstić information content (AvgIpc) is 3.25. The Morgan fingerprint density at radius 2 is 1.97 bits per heavy atom. The zero-order valence-corrected chi connectivity index (χ0v) is 18.9. The Morgan fingerprint density at radius 3 is 2.77 bits per heavy atom. The van der Waals surface area contributed by atoms with E-state index in [1.807, 2.05) is 36.9 Å². The van der Waals surface area contributed by atoms with Gasteiger partial charge in [0.25, 0.3) is 0 Å². The zero-order chi connectivity index (χ0) is 21.7. The number of hydrogen-bond acceptors (Lipinski definition) is 2. The van der Waals surface area contributed by atoms with Crippen LogP contribution in [0.25, 0.3) is 16.6 Å². The summed E-state index contributed by atoms with van der Waals surface area (Å²) in [5.74, 6) is 0.115. The molecule has 0 aliphatic carbocycles. The van der Waals surface area contributed by atoms with Crippen LogP contribution in [-0.4, -0.2) is 32.1 Å². The number of nitrogens with zero attached hydrogens (tertiary/aromatic N) is 3. The number of carbonyl (C=O) groups is 1. The molecule has 0 bridgehead atoms. The van der Waals surface area contributed by atoms with E-state index in [1.54, 1.807) is 16.8 Å². The third kappa shape index (κ3) is 3.52. The Hall–Kier alpha value is -2.76. The molecule has 1 amide bonds. The summed E-state index contributed by atoms with van der Waals surface area (Å²) in [7, 11) is 0. The second-order valence-corrected chi connectivity index (χ2v) is 8.87. The minimum Gasteiger partial charge on any atom is -0.358 e. The molecule has 0 saturated carbocycles. The fraction of sp³-hybridized carbons (Fsp3) is 0.250. The van der Waals surface area contributed by atoms with E-state index >= 15 is 0 Å². The van der Waals surface area contributed by atoms with Crippen LogP contribution in [0.3, 0.4) is 0 Å². The number of fused-ring (bicyclic) bond motifs is 3. The van der Waals surface area contributed by atoms with Crippen molar-refractivity contribution in [2.24, 2.45) is 0 Å². The number of carbonyl (C=O) groups excluding carboxylic acids is 1. The van der Waals surface area contributed by atoms with Crippen LogP contribution in [0, 0.1) is 13.8 Å². The first-order valence-corrected chi connectivity index (χ1v) is 11.0. The van der Waals surface area contributed by atoms with Crippen LogP contribution in [0.5, 0.6) is 0 Å². The van der Waals surface area contributed by atoms with E-state index in [2.05, 4.69) is 22.2 Å². The molecule has 0 saturated heterocycles. The summed E-state index contributed by atoms with van der Waals surface area (Å²) in [6.07, 6.45) is 1.16. The van der Waals surface area contributed by atoms with Crippen molar-refractivity contribution in [1.82, 2.24) is 19.7 Å². The highest BCUT2D eigenvalue weighted by Crippen LogP contribution is 2.29. The number of nitrogens with one attached hydrogen (secondary N) is 1. The molecule has 1 aliphatic rings. The maximum absolute atomic E-state index is 13.2. The number of amides is 1. The molecule has 0 atom stereocenters. The number of para-hydroxylation sites is 1. The third-order valence-corrected chi connectivity index (χ3v) is 6.68. The SMILES string of the molecule is Cc1nn(-c2ccc(Cl)cc2Cl)c(C)c1CC(=O)N1CCc2[nH]c3ccccc3c2C1. The molecule has 0 fully saturated rings. The molecular weight excluding hydrogens is 431 g/mol. The minimum atomic E-state index is 0.115. The Balaban J connectivity index is 1.40. The highest BCUT2D eigenvalue weighted by Gasteiger charge is 2.26. The van der Waals surface area contributed by atoms with Crippen LogP contribution >= 0.6 is 23.2 Å². The van der Waals surface area contributed by atoms with Crippen molar-refractivity contribution in [3.8, 4) is 5.69 Å². The summed E-state index contributed by atoms with van der Waals surface area (Å²) in [4.78, 5) is 18.7. The first kappa shape index (κ1) is 20.2. The highest BCUT2D eigenvalue weighted by atomic mass is 35.5. The maximum atomic E-state index is 13.2. The van der Waals surface area contributed by atoms with E-state index in [0.717, 1.165) is 34.6 Å². The van der Waals surface area contributed by atoms with Gasteiger partial charge in [-0.05, 0) is 38.1 Å². The van der Waals surface area contributed by atoms with E-state index < -0.39 is 0 Å². The Morgan fingerprint density at radius 1 is 1.16 bits per heavy atom. The monoisotopic (exact) mass is 452 g/mol. The lowest BCUT2D eigenvalue weighted by molar-refractivity contribution is -0.131. The molecule has 5 rings (SSSR count). The summed E-state index contributed by atoms with van der Waals surface area (Å²) in [5.41, 5.74) is 7.05. The summed E-state index contributed by atoms with van der Waals surface area (Å²) in [6.45, 7) is 5.26. The molecule has 158 valence electrons. The number of rotatable bonds is 3. The number of aromatic nitrogens is 3. The van der Waals surface area contributed by atoms with Gasteiger partial charge < -0.3 is 9.88 Å². The predicted molar refractivity (Wildman–Crippen MR) is 124 cm³/mol. The normalized spacial score (nSPS) is 13.6. The van der Waals surface area contributed by atoms with Gasteiger partial charge in [0, 0.05) is 58.0 Å². The molecule has 0 spiro atoms. The number of benzene rings is 2. The Kier molecular flexibility index (Phi) is 5.03. The van der Waals surface area contributed by atoms with Crippen molar-refractivity contribution in [2.45, 2.75) is 33.2 Å². The quantitative estimate of drug-likeness (QED) is 0.451. The Bertz CT molecular complexity index is 1320. The lowest BCUT2D eigenvalue weighted by atomic mass is 10.0. The van der Waals surface area contributed by atoms with E-state index in [9.17, 15) is 4.79 Å². The van der Waals surface area contributed by atoms with Gasteiger partial charge in [-0.15, -0.1) is 0 Å². The fourth-order valence-corrected chi connectivity index (χ4v) is 4.95. The largest absolute Gasteiger partial charge is 0.358 e. The fourth-order valence-electron chi connectivity index (χ4n) is 4.46. The lowest BCUT2D eigenvalue weighted by Gasteiger charge is -2.27. The van der Waals surface area contributed by atoms with E-state index in [4.69, 9.17) is 23.2 Å². The van der Waals surface area contributed by atoms with Crippen molar-refractivity contribution in [2.75, 3.05) is 6.54 Å². The summed E-state index contributed by atoms with van der Waals surface area (Å²) >= 11 is 12.4. The van der Waals surface area contributed by atoms with Crippen molar-refractivity contribution >= 4 is 40.0 Å². The van der Waals surface area contributed by atoms with Crippen molar-refractivity contribution in [1.29, 1.82) is 0 Å². The molecule has 7 heteroatoms. The molecular formula is C24H22Cl2N4O. The molecule has 5 nitrogen and oxygen atoms in total. The van der Waals surface area contributed by atoms with Gasteiger partial charge in [-0.25, -0.2) is 4.68 Å². The van der Waals surface area contributed by atoms with Crippen LogP contribution in [-0.2, 0) is 24.2 Å². The standard InChI is InChI=1S/C24H22Cl2N4O/c1-14-18(15(2)30(28-14)23-8-7-16(25)11-20(23)26)12-24(31)29-10-9-22-19(13-29)17-5-3-4-6-21(17)27-22/h3-8,11,27H,9-10,12-13H2,1-2H3. The van der Waals surface area contributed by atoms with Gasteiger partial charge in [-0.2, -0.15) is 5.10 Å². The first-order valence-electron chi connectivity index (χ1n) is 10.3. The van der Waals surface area contributed by atoms with Gasteiger partial charge in [-0.3, -0.25) is 4.79 Å². The highest BCUT2D eigenvalue weighted by molar-refractivity contribution is 6.35. The van der Waals surface area contributed by atoms with Crippen molar-refractivity contribution < 1.29 is 4.79 Å². The van der Waals surface area contributed by atoms with E-state index in [1.165, 1.54) is 16.6 Å². The summed E-state index contributed by atoms with van der Waals surface area (Å²) < 4.78 is 1.80. The lowest BCUT2D eigenvalue weighted by Crippen LogP contribution is -2.36. The number of hydrogen-bond donors (Lipinski definition) is 1. The molecule has 4 aromatic rings. The smallest absolute Gasteiger partial charge is 0.227 e. The van der Waals surface area contributed by atoms with Gasteiger partial charge in [0.05, 0.1) is 22.8 Å². The second-order valence-electron chi connectivity index (χ2n) is 8.03. The van der Waals surface area contributed by atoms with Gasteiger partial charge in [0.15, 0.2) is 0 Å². The second kappa shape index (κ2) is 7.74. The molecule has 1 aliphatic heterocycles. The van der Waals surface area contributed by atoms with E-state index in [0.29, 0.717) is 29.6 Å². The zero-order valence-electron chi connectivity index (χ0n) is 17.4. The van der Waals surface area contributed by atoms with E-state index in [-0.39, 0.29) is 5.91 Å². The summed E-state index contributed by atoms with van der Waals surface area (Å²) in [5, 5.41) is 6.96. The topological polar surface area (TPSA) is 53.9 Å². The Labute approximate surface area is 190 Å². The number of halogens is 2. The van der Waals surface area contributed by atoms with Gasteiger partial charge in [-0.1, -0.05) is 41.4 Å². The van der Waals surface area contributed by atoms with Crippen LogP contribution < -0.4 is 0 Å². The van der Waals surface area contributed by atoms with Crippen molar-refractivity contribution in [3.63, 3.8) is 0 Å². The van der Waals surface area contributed by atoms with Crippen LogP contribution in [0.4, 0.5) is 0 Å². The number of aryl methyl sites for hydroxylation is 1. The summed E-state index contributed by atoms with van der Waals surface area (Å²) in [6, 6.07) is 13.6. The molecule has 31 heavy (non-hydrogen) atoms. The van der Waals surface area contributed by atoms with Gasteiger partial charge in [0.2, 0.25) is 5.91 Å².